The molecule has 1 heterocycles. The van der Waals surface area contributed by atoms with Crippen LogP contribution in [0.5, 0.6) is 11.5 Å². The highest BCUT2D eigenvalue weighted by molar-refractivity contribution is 7.92. The molecule has 0 atom stereocenters. The molecule has 7 nitrogen and oxygen atoms in total. The smallest absolute Gasteiger partial charge is 0.211 e. The Morgan fingerprint density at radius 2 is 1.49 bits per heavy atom. The predicted octanol–water partition coefficient (Wildman–Crippen LogP) is 5.29. The van der Waals surface area contributed by atoms with Crippen LogP contribution in [-0.2, 0) is 9.84 Å². The van der Waals surface area contributed by atoms with Gasteiger partial charge in [0, 0.05) is 5.56 Å². The Morgan fingerprint density at radius 1 is 0.914 bits per heavy atom. The van der Waals surface area contributed by atoms with Crippen LogP contribution in [0.1, 0.15) is 15.2 Å². The maximum Gasteiger partial charge on any atom is 0.211 e. The molecule has 0 aliphatic rings. The fourth-order valence-electron chi connectivity index (χ4n) is 3.38. The van der Waals surface area contributed by atoms with Crippen molar-refractivity contribution >= 4 is 43.3 Å². The molecule has 0 saturated heterocycles. The summed E-state index contributed by atoms with van der Waals surface area (Å²) in [5.74, 6) is -0.0223. The van der Waals surface area contributed by atoms with Gasteiger partial charge in [-0.15, -0.1) is 11.3 Å². The van der Waals surface area contributed by atoms with E-state index in [1.54, 1.807) is 30.3 Å². The Kier molecular flexibility index (Phi) is 6.77. The number of sulfone groups is 1. The largest absolute Gasteiger partial charge is 0.497 e. The third-order valence-electron chi connectivity index (χ3n) is 5.22. The maximum atomic E-state index is 14.4. The minimum atomic E-state index is -4.19. The monoisotopic (exact) mass is 512 g/mol. The predicted molar refractivity (Wildman–Crippen MR) is 133 cm³/mol. The Labute approximate surface area is 205 Å². The lowest BCUT2D eigenvalue weighted by Gasteiger charge is -2.10. The van der Waals surface area contributed by atoms with Crippen LogP contribution < -0.4 is 20.5 Å². The van der Waals surface area contributed by atoms with Gasteiger partial charge in [0.15, 0.2) is 0 Å². The zero-order valence-corrected chi connectivity index (χ0v) is 20.4. The van der Waals surface area contributed by atoms with Crippen LogP contribution in [-0.4, -0.2) is 28.4 Å². The number of nitrogens with two attached hydrogens (primary N) is 1. The van der Waals surface area contributed by atoms with Crippen LogP contribution in [0.3, 0.4) is 0 Å². The topological polar surface area (TPSA) is 108 Å². The maximum absolute atomic E-state index is 14.4. The summed E-state index contributed by atoms with van der Waals surface area (Å²) >= 11 is 0.844. The van der Waals surface area contributed by atoms with E-state index in [-0.39, 0.29) is 31.0 Å². The first-order valence-electron chi connectivity index (χ1n) is 10.3. The van der Waals surface area contributed by atoms with Crippen molar-refractivity contribution in [3.63, 3.8) is 0 Å². The molecule has 0 radical (unpaired) electrons. The number of nitrogen functional groups attached to an aromatic ring is 1. The van der Waals surface area contributed by atoms with E-state index in [2.05, 4.69) is 5.32 Å². The second-order valence-corrected chi connectivity index (χ2v) is 10.3. The van der Waals surface area contributed by atoms with Gasteiger partial charge in [0.2, 0.25) is 15.6 Å². The fraction of sp³-hybridized carbons (Fsp3) is 0.0800. The molecule has 180 valence electrons. The molecule has 1 aromatic heterocycles. The summed E-state index contributed by atoms with van der Waals surface area (Å²) in [5.41, 5.74) is 6.42. The van der Waals surface area contributed by atoms with Gasteiger partial charge in [-0.2, -0.15) is 0 Å². The van der Waals surface area contributed by atoms with E-state index in [4.69, 9.17) is 15.2 Å². The number of para-hydroxylation sites is 1. The fourth-order valence-corrected chi connectivity index (χ4v) is 6.30. The molecule has 0 bridgehead atoms. The normalized spacial score (nSPS) is 11.2. The minimum Gasteiger partial charge on any atom is -0.497 e. The number of rotatable bonds is 8. The first-order chi connectivity index (χ1) is 16.8. The van der Waals surface area contributed by atoms with Crippen LogP contribution >= 0.6 is 11.3 Å². The molecular formula is C25H21FN2O5S2. The summed E-state index contributed by atoms with van der Waals surface area (Å²) in [5, 5.41) is 2.84. The molecule has 3 N–H and O–H groups in total. The molecule has 4 aromatic rings. The van der Waals surface area contributed by atoms with Gasteiger partial charge < -0.3 is 20.5 Å². The molecule has 0 aliphatic heterocycles. The first kappa shape index (κ1) is 24.2. The zero-order chi connectivity index (χ0) is 25.2. The number of halogens is 1. The van der Waals surface area contributed by atoms with E-state index >= 15 is 0 Å². The van der Waals surface area contributed by atoms with Gasteiger partial charge in [-0.25, -0.2) is 12.8 Å². The number of ketones is 1. The SMILES string of the molecule is COc1ccc(C(=O)c2sc(Nc3ccccc3F)c(S(=O)(=O)c3ccc(OC)cc3)c2N)cc1. The molecule has 0 aliphatic carbocycles. The van der Waals surface area contributed by atoms with Crippen molar-refractivity contribution in [3.8, 4) is 11.5 Å². The third-order valence-corrected chi connectivity index (χ3v) is 8.32. The number of ether oxygens (including phenoxy) is 2. The molecular weight excluding hydrogens is 491 g/mol. The van der Waals surface area contributed by atoms with Crippen molar-refractivity contribution in [2.45, 2.75) is 9.79 Å². The van der Waals surface area contributed by atoms with Gasteiger partial charge in [0.05, 0.1) is 30.5 Å². The highest BCUT2D eigenvalue weighted by Crippen LogP contribution is 2.44. The summed E-state index contributed by atoms with van der Waals surface area (Å²) in [7, 11) is -1.22. The molecule has 0 spiro atoms. The van der Waals surface area contributed by atoms with Crippen LogP contribution in [0.15, 0.2) is 82.6 Å². The molecule has 0 saturated carbocycles. The van der Waals surface area contributed by atoms with Crippen molar-refractivity contribution < 1.29 is 27.1 Å². The Bertz CT molecular complexity index is 1480. The van der Waals surface area contributed by atoms with Crippen molar-refractivity contribution in [3.05, 3.63) is 89.1 Å². The number of carbonyl (C=O) groups excluding carboxylic acids is 1. The highest BCUT2D eigenvalue weighted by Gasteiger charge is 2.32. The summed E-state index contributed by atoms with van der Waals surface area (Å²) in [4.78, 5) is 12.9. The molecule has 10 heteroatoms. The second-order valence-electron chi connectivity index (χ2n) is 7.34. The van der Waals surface area contributed by atoms with Gasteiger partial charge >= 0.3 is 0 Å². The lowest BCUT2D eigenvalue weighted by molar-refractivity contribution is 0.104. The van der Waals surface area contributed by atoms with Crippen LogP contribution in [0.25, 0.3) is 0 Å². The number of hydrogen-bond acceptors (Lipinski definition) is 8. The van der Waals surface area contributed by atoms with Crippen molar-refractivity contribution in [2.24, 2.45) is 0 Å². The van der Waals surface area contributed by atoms with Gasteiger partial charge in [0.25, 0.3) is 0 Å². The summed E-state index contributed by atoms with van der Waals surface area (Å²) in [6.45, 7) is 0. The standard InChI is InChI=1S/C25H21FN2O5S2/c1-32-16-9-7-15(8-10-16)22(29)23-21(27)24(25(34-23)28-20-6-4-3-5-19(20)26)35(30,31)18-13-11-17(33-2)12-14-18/h3-14,28H,27H2,1-2H3. The number of nitrogens with one attached hydrogen (secondary N) is 1. The number of anilines is 3. The molecule has 4 rings (SSSR count). The number of hydrogen-bond donors (Lipinski definition) is 2. The average molecular weight is 513 g/mol. The Hall–Kier alpha value is -3.89. The average Bonchev–Trinajstić information content (AvgIpc) is 3.21. The van der Waals surface area contributed by atoms with Gasteiger partial charge in [-0.1, -0.05) is 12.1 Å². The van der Waals surface area contributed by atoms with E-state index in [0.29, 0.717) is 17.1 Å². The van der Waals surface area contributed by atoms with Crippen molar-refractivity contribution in [1.82, 2.24) is 0 Å². The van der Waals surface area contributed by atoms with Crippen LogP contribution in [0.4, 0.5) is 20.8 Å². The van der Waals surface area contributed by atoms with Gasteiger partial charge in [0.1, 0.15) is 32.1 Å². The molecule has 0 amide bonds. The second kappa shape index (κ2) is 9.77. The number of methoxy groups -OCH3 is 2. The van der Waals surface area contributed by atoms with Crippen LogP contribution in [0.2, 0.25) is 0 Å². The minimum absolute atomic E-state index is 0.0149. The number of thiophene rings is 1. The van der Waals surface area contributed by atoms with Crippen molar-refractivity contribution in [2.75, 3.05) is 25.3 Å². The Balaban J connectivity index is 1.86. The molecule has 0 unspecified atom stereocenters. The number of carbonyl (C=O) groups is 1. The number of benzene rings is 3. The summed E-state index contributed by atoms with van der Waals surface area (Å²) < 4.78 is 51.9. The summed E-state index contributed by atoms with van der Waals surface area (Å²) in [6, 6.07) is 17.9. The third kappa shape index (κ3) is 4.71. The lowest BCUT2D eigenvalue weighted by Crippen LogP contribution is -2.08. The molecule has 3 aromatic carbocycles. The molecule has 35 heavy (non-hydrogen) atoms. The Morgan fingerprint density at radius 3 is 2.06 bits per heavy atom. The van der Waals surface area contributed by atoms with E-state index in [1.807, 2.05) is 0 Å². The lowest BCUT2D eigenvalue weighted by atomic mass is 10.1. The highest BCUT2D eigenvalue weighted by atomic mass is 32.2. The van der Waals surface area contributed by atoms with Crippen LogP contribution in [0, 0.1) is 5.82 Å². The van der Waals surface area contributed by atoms with E-state index in [0.717, 1.165) is 11.3 Å². The quantitative estimate of drug-likeness (QED) is 0.309. The zero-order valence-electron chi connectivity index (χ0n) is 18.7. The van der Waals surface area contributed by atoms with Crippen molar-refractivity contribution in [1.29, 1.82) is 0 Å². The summed E-state index contributed by atoms with van der Waals surface area (Å²) in [6.07, 6.45) is 0. The first-order valence-corrected chi connectivity index (χ1v) is 12.6. The van der Waals surface area contributed by atoms with E-state index in [9.17, 15) is 17.6 Å². The van der Waals surface area contributed by atoms with Gasteiger partial charge in [-0.05, 0) is 60.7 Å². The van der Waals surface area contributed by atoms with Gasteiger partial charge in [-0.3, -0.25) is 4.79 Å². The molecule has 0 fully saturated rings. The van der Waals surface area contributed by atoms with E-state index < -0.39 is 21.4 Å². The van der Waals surface area contributed by atoms with E-state index in [1.165, 1.54) is 56.7 Å².